The Hall–Kier alpha value is 3.33. The van der Waals surface area contributed by atoms with E-state index in [2.05, 4.69) is 40.9 Å². The van der Waals surface area contributed by atoms with Crippen LogP contribution in [0.2, 0.25) is 40.9 Å². The molecule has 0 unspecified atom stereocenters. The molecule has 0 bridgehead atoms. The summed E-state index contributed by atoms with van der Waals surface area (Å²) >= 11 is 0. The predicted molar refractivity (Wildman–Crippen MR) is 112 cm³/mol. The van der Waals surface area contributed by atoms with E-state index in [1.54, 1.807) is 0 Å². The number of hydrogen-bond donors (Lipinski definition) is 0. The molecule has 0 rings (SSSR count). The average molecular weight is 555 g/mol. The molecule has 0 saturated heterocycles. The van der Waals surface area contributed by atoms with Gasteiger partial charge in [0.15, 0.2) is 0 Å². The molecule has 0 aromatic rings. The van der Waals surface area contributed by atoms with Crippen molar-refractivity contribution in [3.8, 4) is 0 Å². The van der Waals surface area contributed by atoms with Gasteiger partial charge in [-0.3, -0.25) is 4.70 Å². The molecule has 0 saturated carbocycles. The number of nitrogens with zero attached hydrogens (tertiary/aromatic N) is 1. The Balaban J connectivity index is -0.00000000312. The van der Waals surface area contributed by atoms with Gasteiger partial charge in [0.1, 0.15) is 13.4 Å². The van der Waals surface area contributed by atoms with E-state index >= 15 is 0 Å². The Kier molecular flexibility index (Phi) is 390. The maximum atomic E-state index is 2.17. The molecule has 0 spiro atoms. The van der Waals surface area contributed by atoms with Crippen molar-refractivity contribution in [1.29, 1.82) is 0 Å². The number of halogens is 1. The fourth-order valence-corrected chi connectivity index (χ4v) is 0. The first-order valence-corrected chi connectivity index (χ1v) is 4.81. The zero-order valence-electron chi connectivity index (χ0n) is 16.7. The molecule has 0 aliphatic heterocycles. The second-order valence-corrected chi connectivity index (χ2v) is 4.81. The fourth-order valence-electron chi connectivity index (χ4n) is 0. The standard InChI is InChI=1S/2C3H9B.C3H9N.2CH4.4CH3.FH.3Y.2H2/c3*1-4(2)3;;;;;;;;;;;;/h3*1-3H3;2*1H4;4*1H3;1H;;;;2*1H/q;;;;;4*-1;;;;;;/i;;;;;;;;;;;;;1+1;. The minimum absolute atomic E-state index is 0. The first-order valence-electron chi connectivity index (χ1n) is 4.81. The van der Waals surface area contributed by atoms with Crippen LogP contribution in [0.1, 0.15) is 17.7 Å². The van der Waals surface area contributed by atoms with Crippen molar-refractivity contribution in [2.24, 2.45) is 0 Å². The van der Waals surface area contributed by atoms with Crippen molar-refractivity contribution in [2.45, 2.75) is 55.8 Å². The Morgan fingerprint density at radius 1 is 0.591 bits per heavy atom. The molecule has 0 aliphatic carbocycles. The first-order chi connectivity index (χ1) is 5.20. The molecule has 0 aliphatic rings. The van der Waals surface area contributed by atoms with E-state index in [1.165, 1.54) is 0 Å². The van der Waals surface area contributed by atoms with Crippen molar-refractivity contribution < 1.29 is 106 Å². The van der Waals surface area contributed by atoms with E-state index in [1.807, 2.05) is 26.0 Å². The van der Waals surface area contributed by atoms with Crippen LogP contribution in [-0.4, -0.2) is 39.5 Å². The Bertz CT molecular complexity index is 71.2. The number of hydrogen-bond acceptors (Lipinski definition) is 1. The van der Waals surface area contributed by atoms with Crippen LogP contribution in [0.5, 0.6) is 0 Å². The summed E-state index contributed by atoms with van der Waals surface area (Å²) in [7, 11) is 6.00. The van der Waals surface area contributed by atoms with E-state index in [9.17, 15) is 0 Å². The molecule has 0 aromatic carbocycles. The first kappa shape index (κ1) is 98.6. The van der Waals surface area contributed by atoms with Gasteiger partial charge in [-0.25, -0.2) is 0 Å². The van der Waals surface area contributed by atoms with Crippen molar-refractivity contribution in [3.05, 3.63) is 29.7 Å². The summed E-state index contributed by atoms with van der Waals surface area (Å²) < 4.78 is 0. The van der Waals surface area contributed by atoms with Gasteiger partial charge in [0.2, 0.25) is 0 Å². The Morgan fingerprint density at radius 2 is 0.591 bits per heavy atom. The van der Waals surface area contributed by atoms with E-state index in [4.69, 9.17) is 0 Å². The van der Waals surface area contributed by atoms with Crippen LogP contribution in [0, 0.1) is 29.7 Å². The zero-order valence-corrected chi connectivity index (χ0v) is 25.3. The van der Waals surface area contributed by atoms with E-state index < -0.39 is 0 Å². The molecule has 0 atom stereocenters. The Morgan fingerprint density at radius 3 is 0.591 bits per heavy atom. The molecule has 3 radical (unpaired) electrons. The summed E-state index contributed by atoms with van der Waals surface area (Å²) in [5.41, 5.74) is 0. The van der Waals surface area contributed by atoms with Gasteiger partial charge in [-0.2, -0.15) is 0 Å². The van der Waals surface area contributed by atoms with Crippen LogP contribution >= 0.6 is 0 Å². The van der Waals surface area contributed by atoms with Crippen molar-refractivity contribution in [3.63, 3.8) is 0 Å². The summed E-state index contributed by atoms with van der Waals surface area (Å²) in [4.78, 5) is 2.00. The van der Waals surface area contributed by atoms with Crippen molar-refractivity contribution in [2.75, 3.05) is 21.1 Å². The molecular formula is C15H52B2FNY3-4. The maximum absolute atomic E-state index is 2.17. The monoisotopic (exact) mass is 555 g/mol. The normalized spacial score (nSPS) is 4.09. The molecular weight excluding hydrogens is 502 g/mol. The largest absolute Gasteiger partial charge is 0.358 e. The van der Waals surface area contributed by atoms with Gasteiger partial charge in [0.25, 0.3) is 0 Å². The third-order valence-electron chi connectivity index (χ3n) is 0. The molecule has 0 aromatic heterocycles. The topological polar surface area (TPSA) is 3.24 Å². The van der Waals surface area contributed by atoms with Crippen LogP contribution in [-0.2, 0) is 98.1 Å². The summed E-state index contributed by atoms with van der Waals surface area (Å²) in [6.07, 6.45) is 0. The van der Waals surface area contributed by atoms with E-state index in [0.717, 1.165) is 13.4 Å². The third kappa shape index (κ3) is 1050. The van der Waals surface area contributed by atoms with Gasteiger partial charge in [-0.1, -0.05) is 55.8 Å². The molecule has 0 heterocycles. The fraction of sp³-hybridized carbons (Fsp3) is 0.733. The van der Waals surface area contributed by atoms with Crippen LogP contribution < -0.4 is 0 Å². The van der Waals surface area contributed by atoms with Gasteiger partial charge < -0.3 is 34.6 Å². The minimum Gasteiger partial charge on any atom is -0.358 e. The van der Waals surface area contributed by atoms with Crippen LogP contribution in [0.15, 0.2) is 0 Å². The van der Waals surface area contributed by atoms with Gasteiger partial charge in [0.05, 0.1) is 0 Å². The van der Waals surface area contributed by atoms with Gasteiger partial charge in [-0.05, 0) is 21.1 Å². The van der Waals surface area contributed by atoms with Crippen LogP contribution in [0.25, 0.3) is 0 Å². The van der Waals surface area contributed by atoms with Crippen LogP contribution in [0.3, 0.4) is 0 Å². The molecule has 1 nitrogen and oxygen atoms in total. The maximum Gasteiger partial charge on any atom is 0.130 e. The SMILES string of the molecule is C.C.CB(C)C.CB(C)C.CN(C)C.F.[2HH].[CH3-].[CH3-].[CH3-].[CH3-].[HH].[Y].[Y].[Y]. The van der Waals surface area contributed by atoms with Gasteiger partial charge in [0, 0.05) is 101 Å². The summed E-state index contributed by atoms with van der Waals surface area (Å²) in [5.74, 6) is 0. The van der Waals surface area contributed by atoms with Crippen LogP contribution in [0.4, 0.5) is 4.70 Å². The minimum atomic E-state index is 0. The smallest absolute Gasteiger partial charge is 0.130 e. The van der Waals surface area contributed by atoms with E-state index in [-0.39, 0.29) is 150 Å². The van der Waals surface area contributed by atoms with Gasteiger partial charge >= 0.3 is 0 Å². The molecule has 0 N–H and O–H groups in total. The van der Waals surface area contributed by atoms with Crippen molar-refractivity contribution >= 4 is 13.4 Å². The van der Waals surface area contributed by atoms with Crippen molar-refractivity contribution in [1.82, 2.24) is 4.90 Å². The molecule has 0 amide bonds. The quantitative estimate of drug-likeness (QED) is 0.240. The van der Waals surface area contributed by atoms with E-state index in [0.29, 0.717) is 0 Å². The molecule has 22 heavy (non-hydrogen) atoms. The molecule has 7 heteroatoms. The molecule has 143 valence electrons. The molecule has 0 fully saturated rings. The second-order valence-electron chi connectivity index (χ2n) is 4.81. The Labute approximate surface area is 227 Å². The third-order valence-corrected chi connectivity index (χ3v) is 0. The average Bonchev–Trinajstić information content (AvgIpc) is 1.54. The predicted octanol–water partition coefficient (Wildman–Crippen LogP) is 6.63. The number of rotatable bonds is 0. The van der Waals surface area contributed by atoms with Gasteiger partial charge in [-0.15, -0.1) is 0 Å². The summed E-state index contributed by atoms with van der Waals surface area (Å²) in [6, 6.07) is 0. The summed E-state index contributed by atoms with van der Waals surface area (Å²) in [5, 5.41) is 0. The summed E-state index contributed by atoms with van der Waals surface area (Å²) in [6.45, 7) is 14.7. The second kappa shape index (κ2) is 87.1. The zero-order chi connectivity index (χ0) is 10.7.